The highest BCUT2D eigenvalue weighted by Crippen LogP contribution is 2.51. The molecule has 1 unspecified atom stereocenters. The Morgan fingerprint density at radius 1 is 1.46 bits per heavy atom. The van der Waals surface area contributed by atoms with Gasteiger partial charge in [-0.2, -0.15) is 0 Å². The van der Waals surface area contributed by atoms with Crippen molar-refractivity contribution < 1.29 is 5.11 Å². The maximum Gasteiger partial charge on any atom is 0.0571 e. The number of pyridine rings is 1. The summed E-state index contributed by atoms with van der Waals surface area (Å²) in [7, 11) is 0. The van der Waals surface area contributed by atoms with Gasteiger partial charge in [0.2, 0.25) is 0 Å². The number of hydrogen-bond donors (Lipinski definition) is 1. The Bertz CT molecular complexity index is 277. The van der Waals surface area contributed by atoms with Gasteiger partial charge in [-0.1, -0.05) is 0 Å². The van der Waals surface area contributed by atoms with Crippen LogP contribution >= 0.6 is 0 Å². The molecule has 1 saturated carbocycles. The predicted molar refractivity (Wildman–Crippen MR) is 51.3 cm³/mol. The molecule has 1 fully saturated rings. The smallest absolute Gasteiger partial charge is 0.0571 e. The van der Waals surface area contributed by atoms with Crippen molar-refractivity contribution in [2.45, 2.75) is 32.3 Å². The zero-order valence-corrected chi connectivity index (χ0v) is 7.90. The van der Waals surface area contributed by atoms with Crippen molar-refractivity contribution in [2.24, 2.45) is 5.41 Å². The van der Waals surface area contributed by atoms with Crippen molar-refractivity contribution in [1.29, 1.82) is 0 Å². The van der Waals surface area contributed by atoms with Gasteiger partial charge in [0.1, 0.15) is 0 Å². The fraction of sp³-hybridized carbons (Fsp3) is 0.545. The molecule has 2 nitrogen and oxygen atoms in total. The Labute approximate surface area is 78.6 Å². The SMILES string of the molecule is CC(O)C1(Cc2ccncc2)CC1. The molecule has 1 heterocycles. The van der Waals surface area contributed by atoms with Crippen LogP contribution in [-0.2, 0) is 6.42 Å². The summed E-state index contributed by atoms with van der Waals surface area (Å²) in [5.74, 6) is 0. The predicted octanol–water partition coefficient (Wildman–Crippen LogP) is 1.79. The average Bonchev–Trinajstić information content (AvgIpc) is 2.87. The molecule has 13 heavy (non-hydrogen) atoms. The van der Waals surface area contributed by atoms with E-state index in [1.54, 1.807) is 0 Å². The van der Waals surface area contributed by atoms with Crippen LogP contribution in [0.15, 0.2) is 24.5 Å². The maximum atomic E-state index is 9.59. The van der Waals surface area contributed by atoms with Crippen molar-refractivity contribution in [3.63, 3.8) is 0 Å². The van der Waals surface area contributed by atoms with Crippen LogP contribution in [-0.4, -0.2) is 16.2 Å². The molecule has 2 heteroatoms. The summed E-state index contributed by atoms with van der Waals surface area (Å²) in [5, 5.41) is 9.59. The van der Waals surface area contributed by atoms with E-state index in [1.807, 2.05) is 31.5 Å². The Hall–Kier alpha value is -0.890. The number of nitrogens with zero attached hydrogens (tertiary/aromatic N) is 1. The summed E-state index contributed by atoms with van der Waals surface area (Å²) in [6.07, 6.45) is 6.76. The van der Waals surface area contributed by atoms with Crippen LogP contribution in [0.1, 0.15) is 25.3 Å². The molecule has 0 aliphatic heterocycles. The first-order chi connectivity index (χ1) is 6.23. The van der Waals surface area contributed by atoms with E-state index in [1.165, 1.54) is 5.56 Å². The second kappa shape index (κ2) is 3.11. The van der Waals surface area contributed by atoms with E-state index >= 15 is 0 Å². The average molecular weight is 177 g/mol. The van der Waals surface area contributed by atoms with Gasteiger partial charge in [0.05, 0.1) is 6.10 Å². The fourth-order valence-electron chi connectivity index (χ4n) is 1.81. The Kier molecular flexibility index (Phi) is 2.08. The lowest BCUT2D eigenvalue weighted by molar-refractivity contribution is 0.110. The maximum absolute atomic E-state index is 9.59. The van der Waals surface area contributed by atoms with Crippen LogP contribution < -0.4 is 0 Å². The number of hydrogen-bond acceptors (Lipinski definition) is 2. The molecule has 1 aromatic heterocycles. The van der Waals surface area contributed by atoms with E-state index < -0.39 is 0 Å². The van der Waals surface area contributed by atoms with Crippen molar-refractivity contribution in [1.82, 2.24) is 4.98 Å². The quantitative estimate of drug-likeness (QED) is 0.763. The van der Waals surface area contributed by atoms with Gasteiger partial charge in [-0.05, 0) is 43.9 Å². The minimum Gasteiger partial charge on any atom is -0.393 e. The first kappa shape index (κ1) is 8.70. The second-order valence-corrected chi connectivity index (χ2v) is 4.07. The lowest BCUT2D eigenvalue weighted by atomic mass is 9.92. The molecule has 0 spiro atoms. The topological polar surface area (TPSA) is 33.1 Å². The van der Waals surface area contributed by atoms with Crippen LogP contribution in [0.5, 0.6) is 0 Å². The molecule has 1 aliphatic carbocycles. The Balaban J connectivity index is 2.07. The van der Waals surface area contributed by atoms with E-state index in [0.29, 0.717) is 0 Å². The summed E-state index contributed by atoms with van der Waals surface area (Å²) < 4.78 is 0. The van der Waals surface area contributed by atoms with E-state index in [2.05, 4.69) is 4.98 Å². The zero-order chi connectivity index (χ0) is 9.31. The van der Waals surface area contributed by atoms with Gasteiger partial charge in [-0.25, -0.2) is 0 Å². The Morgan fingerprint density at radius 3 is 2.54 bits per heavy atom. The lowest BCUT2D eigenvalue weighted by Gasteiger charge is -2.18. The molecule has 1 aromatic rings. The number of aliphatic hydroxyl groups excluding tert-OH is 1. The highest BCUT2D eigenvalue weighted by molar-refractivity contribution is 5.16. The van der Waals surface area contributed by atoms with Crippen LogP contribution in [0, 0.1) is 5.41 Å². The first-order valence-corrected chi connectivity index (χ1v) is 4.80. The van der Waals surface area contributed by atoms with Crippen LogP contribution in [0.4, 0.5) is 0 Å². The molecule has 1 N–H and O–H groups in total. The van der Waals surface area contributed by atoms with Gasteiger partial charge in [0, 0.05) is 17.8 Å². The Morgan fingerprint density at radius 2 is 2.08 bits per heavy atom. The standard InChI is InChI=1S/C11H15NO/c1-9(13)11(4-5-11)8-10-2-6-12-7-3-10/h2-3,6-7,9,13H,4-5,8H2,1H3. The molecule has 1 aliphatic rings. The molecule has 1 atom stereocenters. The van der Waals surface area contributed by atoms with Gasteiger partial charge in [0.15, 0.2) is 0 Å². The first-order valence-electron chi connectivity index (χ1n) is 4.80. The highest BCUT2D eigenvalue weighted by atomic mass is 16.3. The molecule has 0 bridgehead atoms. The normalized spacial score (nSPS) is 21.1. The van der Waals surface area contributed by atoms with Crippen molar-refractivity contribution in [3.8, 4) is 0 Å². The third kappa shape index (κ3) is 1.73. The van der Waals surface area contributed by atoms with E-state index in [-0.39, 0.29) is 11.5 Å². The van der Waals surface area contributed by atoms with E-state index in [4.69, 9.17) is 0 Å². The third-order valence-corrected chi connectivity index (χ3v) is 3.08. The number of aromatic nitrogens is 1. The summed E-state index contributed by atoms with van der Waals surface area (Å²) >= 11 is 0. The molecule has 2 rings (SSSR count). The molecule has 0 aromatic carbocycles. The van der Waals surface area contributed by atoms with Crippen LogP contribution in [0.25, 0.3) is 0 Å². The number of aliphatic hydroxyl groups is 1. The lowest BCUT2D eigenvalue weighted by Crippen LogP contribution is -2.20. The molecule has 70 valence electrons. The summed E-state index contributed by atoms with van der Waals surface area (Å²) in [5.41, 5.74) is 1.47. The molecule has 0 radical (unpaired) electrons. The van der Waals surface area contributed by atoms with E-state index in [9.17, 15) is 5.11 Å². The van der Waals surface area contributed by atoms with Crippen molar-refractivity contribution >= 4 is 0 Å². The van der Waals surface area contributed by atoms with Gasteiger partial charge >= 0.3 is 0 Å². The summed E-state index contributed by atoms with van der Waals surface area (Å²) in [6, 6.07) is 4.06. The van der Waals surface area contributed by atoms with Gasteiger partial charge in [-0.15, -0.1) is 0 Å². The zero-order valence-electron chi connectivity index (χ0n) is 7.90. The van der Waals surface area contributed by atoms with Gasteiger partial charge < -0.3 is 5.11 Å². The fourth-order valence-corrected chi connectivity index (χ4v) is 1.81. The largest absolute Gasteiger partial charge is 0.393 e. The van der Waals surface area contributed by atoms with Crippen molar-refractivity contribution in [3.05, 3.63) is 30.1 Å². The molecular formula is C11H15NO. The number of rotatable bonds is 3. The van der Waals surface area contributed by atoms with Crippen LogP contribution in [0.2, 0.25) is 0 Å². The van der Waals surface area contributed by atoms with Crippen LogP contribution in [0.3, 0.4) is 0 Å². The molecular weight excluding hydrogens is 162 g/mol. The van der Waals surface area contributed by atoms with Gasteiger partial charge in [-0.3, -0.25) is 4.98 Å². The van der Waals surface area contributed by atoms with Gasteiger partial charge in [0.25, 0.3) is 0 Å². The third-order valence-electron chi connectivity index (χ3n) is 3.08. The monoisotopic (exact) mass is 177 g/mol. The summed E-state index contributed by atoms with van der Waals surface area (Å²) in [4.78, 5) is 3.98. The minimum absolute atomic E-state index is 0.180. The highest BCUT2D eigenvalue weighted by Gasteiger charge is 2.46. The second-order valence-electron chi connectivity index (χ2n) is 4.07. The molecule has 0 saturated heterocycles. The minimum atomic E-state index is -0.180. The summed E-state index contributed by atoms with van der Waals surface area (Å²) in [6.45, 7) is 1.90. The molecule has 0 amide bonds. The van der Waals surface area contributed by atoms with E-state index in [0.717, 1.165) is 19.3 Å². The van der Waals surface area contributed by atoms with Crippen molar-refractivity contribution in [2.75, 3.05) is 0 Å².